The largest absolute Gasteiger partial charge is 0.373 e. The third-order valence-electron chi connectivity index (χ3n) is 1.51. The van der Waals surface area contributed by atoms with Crippen LogP contribution in [0.25, 0.3) is 0 Å². The average Bonchev–Trinajstić information content (AvgIpc) is 2.00. The zero-order valence-corrected chi connectivity index (χ0v) is 7.39. The molecule has 0 aromatic carbocycles. The van der Waals surface area contributed by atoms with Gasteiger partial charge >= 0.3 is 0 Å². The van der Waals surface area contributed by atoms with Crippen LogP contribution in [-0.4, -0.2) is 25.4 Å². The van der Waals surface area contributed by atoms with Gasteiger partial charge in [0, 0.05) is 0 Å². The van der Waals surface area contributed by atoms with Crippen LogP contribution >= 0.6 is 0 Å². The van der Waals surface area contributed by atoms with E-state index in [1.54, 1.807) is 0 Å². The van der Waals surface area contributed by atoms with E-state index in [-0.39, 0.29) is 12.2 Å². The van der Waals surface area contributed by atoms with Gasteiger partial charge in [0.25, 0.3) is 0 Å². The maximum Gasteiger partial charge on any atom is 0.0807 e. The molecule has 0 saturated carbocycles. The van der Waals surface area contributed by atoms with Gasteiger partial charge in [-0.1, -0.05) is 13.8 Å². The SMILES string of the molecule is CC.CC1OCCOC1C. The summed E-state index contributed by atoms with van der Waals surface area (Å²) in [4.78, 5) is 0. The van der Waals surface area contributed by atoms with Gasteiger partial charge in [0.15, 0.2) is 0 Å². The molecule has 0 radical (unpaired) electrons. The predicted molar refractivity (Wildman–Crippen MR) is 42.2 cm³/mol. The number of hydrogen-bond donors (Lipinski definition) is 0. The molecule has 0 N–H and O–H groups in total. The van der Waals surface area contributed by atoms with E-state index in [4.69, 9.17) is 9.47 Å². The lowest BCUT2D eigenvalue weighted by atomic mass is 10.2. The predicted octanol–water partition coefficient (Wildman–Crippen LogP) is 1.84. The quantitative estimate of drug-likeness (QED) is 0.519. The smallest absolute Gasteiger partial charge is 0.0807 e. The fraction of sp³-hybridized carbons (Fsp3) is 1.00. The second-order valence-corrected chi connectivity index (χ2v) is 2.15. The molecule has 2 nitrogen and oxygen atoms in total. The lowest BCUT2D eigenvalue weighted by Crippen LogP contribution is -2.33. The number of rotatable bonds is 0. The molecular formula is C8H18O2. The molecule has 10 heavy (non-hydrogen) atoms. The molecule has 1 aliphatic heterocycles. The van der Waals surface area contributed by atoms with Crippen LogP contribution in [0, 0.1) is 0 Å². The van der Waals surface area contributed by atoms with Gasteiger partial charge < -0.3 is 9.47 Å². The maximum absolute atomic E-state index is 5.27. The highest BCUT2D eigenvalue weighted by atomic mass is 16.6. The van der Waals surface area contributed by atoms with E-state index in [1.165, 1.54) is 0 Å². The highest BCUT2D eigenvalue weighted by molar-refractivity contribution is 4.63. The Labute approximate surface area is 63.5 Å². The summed E-state index contributed by atoms with van der Waals surface area (Å²) in [6, 6.07) is 0. The molecule has 0 bridgehead atoms. The minimum absolute atomic E-state index is 0.281. The van der Waals surface area contributed by atoms with Crippen molar-refractivity contribution in [2.45, 2.75) is 39.9 Å². The van der Waals surface area contributed by atoms with Crippen LogP contribution in [0.1, 0.15) is 27.7 Å². The van der Waals surface area contributed by atoms with E-state index in [1.807, 2.05) is 27.7 Å². The summed E-state index contributed by atoms with van der Waals surface area (Å²) < 4.78 is 10.5. The minimum Gasteiger partial charge on any atom is -0.373 e. The second kappa shape index (κ2) is 5.69. The van der Waals surface area contributed by atoms with Crippen molar-refractivity contribution < 1.29 is 9.47 Å². The molecule has 1 saturated heterocycles. The summed E-state index contributed by atoms with van der Waals surface area (Å²) in [5, 5.41) is 0. The molecule has 0 aliphatic carbocycles. The standard InChI is InChI=1S/C6H12O2.C2H6/c1-5-6(2)8-4-3-7-5;1-2/h5-6H,3-4H2,1-2H3;1-2H3. The Bertz CT molecular complexity index is 63.7. The summed E-state index contributed by atoms with van der Waals surface area (Å²) in [5.41, 5.74) is 0. The zero-order chi connectivity index (χ0) is 7.98. The van der Waals surface area contributed by atoms with Crippen molar-refractivity contribution >= 4 is 0 Å². The molecule has 0 amide bonds. The fourth-order valence-electron chi connectivity index (χ4n) is 0.739. The highest BCUT2D eigenvalue weighted by Crippen LogP contribution is 2.07. The van der Waals surface area contributed by atoms with E-state index in [0.717, 1.165) is 13.2 Å². The molecule has 0 aromatic heterocycles. The zero-order valence-electron chi connectivity index (χ0n) is 7.39. The lowest BCUT2D eigenvalue weighted by Gasteiger charge is -2.25. The van der Waals surface area contributed by atoms with Crippen LogP contribution in [0.3, 0.4) is 0 Å². The van der Waals surface area contributed by atoms with E-state index < -0.39 is 0 Å². The van der Waals surface area contributed by atoms with E-state index in [2.05, 4.69) is 0 Å². The number of ether oxygens (including phenoxy) is 2. The van der Waals surface area contributed by atoms with Crippen molar-refractivity contribution in [1.29, 1.82) is 0 Å². The first kappa shape index (κ1) is 9.92. The van der Waals surface area contributed by atoms with Gasteiger partial charge in [-0.25, -0.2) is 0 Å². The van der Waals surface area contributed by atoms with Crippen LogP contribution in [0.5, 0.6) is 0 Å². The molecular weight excluding hydrogens is 128 g/mol. The third-order valence-corrected chi connectivity index (χ3v) is 1.51. The Hall–Kier alpha value is -0.0800. The first-order valence-corrected chi connectivity index (χ1v) is 4.04. The third kappa shape index (κ3) is 3.18. The van der Waals surface area contributed by atoms with Gasteiger partial charge in [0.05, 0.1) is 25.4 Å². The second-order valence-electron chi connectivity index (χ2n) is 2.15. The molecule has 2 heteroatoms. The van der Waals surface area contributed by atoms with Crippen molar-refractivity contribution in [2.24, 2.45) is 0 Å². The summed E-state index contributed by atoms with van der Waals surface area (Å²) in [7, 11) is 0. The average molecular weight is 146 g/mol. The summed E-state index contributed by atoms with van der Waals surface area (Å²) >= 11 is 0. The van der Waals surface area contributed by atoms with Crippen LogP contribution in [0.4, 0.5) is 0 Å². The summed E-state index contributed by atoms with van der Waals surface area (Å²) in [6.07, 6.45) is 0.562. The maximum atomic E-state index is 5.27. The Morgan fingerprint density at radius 1 is 0.900 bits per heavy atom. The Kier molecular flexibility index (Phi) is 5.64. The van der Waals surface area contributed by atoms with Crippen molar-refractivity contribution in [3.8, 4) is 0 Å². The van der Waals surface area contributed by atoms with E-state index in [9.17, 15) is 0 Å². The van der Waals surface area contributed by atoms with Gasteiger partial charge in [-0.2, -0.15) is 0 Å². The van der Waals surface area contributed by atoms with Crippen LogP contribution in [-0.2, 0) is 9.47 Å². The molecule has 62 valence electrons. The molecule has 1 aliphatic rings. The summed E-state index contributed by atoms with van der Waals surface area (Å²) in [6.45, 7) is 9.57. The van der Waals surface area contributed by atoms with Crippen molar-refractivity contribution in [2.75, 3.05) is 13.2 Å². The van der Waals surface area contributed by atoms with Crippen molar-refractivity contribution in [3.05, 3.63) is 0 Å². The molecule has 2 unspecified atom stereocenters. The van der Waals surface area contributed by atoms with Crippen LogP contribution in [0.2, 0.25) is 0 Å². The molecule has 1 heterocycles. The van der Waals surface area contributed by atoms with Gasteiger partial charge in [0.1, 0.15) is 0 Å². The van der Waals surface area contributed by atoms with Gasteiger partial charge in [0.2, 0.25) is 0 Å². The van der Waals surface area contributed by atoms with Crippen LogP contribution < -0.4 is 0 Å². The molecule has 0 spiro atoms. The van der Waals surface area contributed by atoms with Crippen LogP contribution in [0.15, 0.2) is 0 Å². The molecule has 2 atom stereocenters. The Balaban J connectivity index is 0.000000371. The van der Waals surface area contributed by atoms with Gasteiger partial charge in [-0.3, -0.25) is 0 Å². The topological polar surface area (TPSA) is 18.5 Å². The summed E-state index contributed by atoms with van der Waals surface area (Å²) in [5.74, 6) is 0. The highest BCUT2D eigenvalue weighted by Gasteiger charge is 2.16. The van der Waals surface area contributed by atoms with Crippen molar-refractivity contribution in [1.82, 2.24) is 0 Å². The minimum atomic E-state index is 0.281. The fourth-order valence-corrected chi connectivity index (χ4v) is 0.739. The monoisotopic (exact) mass is 146 g/mol. The van der Waals surface area contributed by atoms with E-state index in [0.29, 0.717) is 0 Å². The number of hydrogen-bond acceptors (Lipinski definition) is 2. The molecule has 1 fully saturated rings. The first-order chi connectivity index (χ1) is 4.80. The van der Waals surface area contributed by atoms with Gasteiger partial charge in [-0.05, 0) is 13.8 Å². The lowest BCUT2D eigenvalue weighted by molar-refractivity contribution is -0.124. The Morgan fingerprint density at radius 2 is 1.20 bits per heavy atom. The molecule has 1 rings (SSSR count). The first-order valence-electron chi connectivity index (χ1n) is 4.04. The molecule has 0 aromatic rings. The van der Waals surface area contributed by atoms with Gasteiger partial charge in [-0.15, -0.1) is 0 Å². The Morgan fingerprint density at radius 3 is 1.40 bits per heavy atom. The normalized spacial score (nSPS) is 32.4. The van der Waals surface area contributed by atoms with E-state index >= 15 is 0 Å². The van der Waals surface area contributed by atoms with Crippen molar-refractivity contribution in [3.63, 3.8) is 0 Å².